The average molecular weight is 389 g/mol. The van der Waals surface area contributed by atoms with E-state index in [0.717, 1.165) is 24.8 Å². The number of fused-ring (bicyclic) bond motifs is 1. The van der Waals surface area contributed by atoms with E-state index in [2.05, 4.69) is 71.0 Å². The van der Waals surface area contributed by atoms with Crippen LogP contribution < -0.4 is 0 Å². The summed E-state index contributed by atoms with van der Waals surface area (Å²) < 4.78 is 0. The molecular weight excluding hydrogens is 356 g/mol. The first kappa shape index (κ1) is 21.1. The second-order valence-electron chi connectivity index (χ2n) is 9.83. The number of benzene rings is 2. The Bertz CT molecular complexity index is 951. The molecule has 2 nitrogen and oxygen atoms in total. The molecule has 0 amide bonds. The van der Waals surface area contributed by atoms with Gasteiger partial charge in [-0.1, -0.05) is 83.2 Å². The van der Waals surface area contributed by atoms with Crippen LogP contribution >= 0.6 is 0 Å². The molecule has 29 heavy (non-hydrogen) atoms. The van der Waals surface area contributed by atoms with Crippen molar-refractivity contribution in [2.75, 3.05) is 0 Å². The van der Waals surface area contributed by atoms with Crippen LogP contribution in [0.1, 0.15) is 73.7 Å². The fourth-order valence-electron chi connectivity index (χ4n) is 3.76. The second-order valence-corrected chi connectivity index (χ2v) is 9.83. The molecule has 2 aromatic carbocycles. The van der Waals surface area contributed by atoms with E-state index in [1.807, 2.05) is 12.1 Å². The lowest BCUT2D eigenvalue weighted by molar-refractivity contribution is 0.0697. The number of allylic oxidation sites excluding steroid dienone is 4. The van der Waals surface area contributed by atoms with Gasteiger partial charge < -0.3 is 5.11 Å². The predicted octanol–water partition coefficient (Wildman–Crippen LogP) is 6.84. The molecule has 152 valence electrons. The van der Waals surface area contributed by atoms with Gasteiger partial charge >= 0.3 is 5.97 Å². The van der Waals surface area contributed by atoms with Crippen LogP contribution in [0.4, 0.5) is 0 Å². The van der Waals surface area contributed by atoms with Crippen molar-refractivity contribution in [2.24, 2.45) is 5.41 Å². The van der Waals surface area contributed by atoms with Gasteiger partial charge in [0.2, 0.25) is 0 Å². The standard InChI is InChI=1S/C27H32O2/c1-26(2,3)16-14-21-15-17-27(4,5)24-13-10-20(18-23(21)24)7-6-19-8-11-22(12-9-19)25(28)29/h8-16,18H,6-7,17H2,1-5H3,(H,28,29)/b16-14-. The Balaban J connectivity index is 1.83. The monoisotopic (exact) mass is 388 g/mol. The van der Waals surface area contributed by atoms with Gasteiger partial charge in [0.05, 0.1) is 5.56 Å². The van der Waals surface area contributed by atoms with Crippen molar-refractivity contribution in [1.29, 1.82) is 0 Å². The van der Waals surface area contributed by atoms with Crippen LogP contribution in [0.25, 0.3) is 5.57 Å². The minimum atomic E-state index is -0.878. The van der Waals surface area contributed by atoms with Gasteiger partial charge in [-0.25, -0.2) is 4.79 Å². The highest BCUT2D eigenvalue weighted by Gasteiger charge is 2.27. The highest BCUT2D eigenvalue weighted by Crippen LogP contribution is 2.40. The van der Waals surface area contributed by atoms with E-state index in [1.165, 1.54) is 22.3 Å². The fourth-order valence-corrected chi connectivity index (χ4v) is 3.76. The van der Waals surface area contributed by atoms with Crippen LogP contribution in [-0.4, -0.2) is 11.1 Å². The van der Waals surface area contributed by atoms with Gasteiger partial charge in [-0.3, -0.25) is 0 Å². The van der Waals surface area contributed by atoms with E-state index in [1.54, 1.807) is 12.1 Å². The maximum atomic E-state index is 11.0. The Morgan fingerprint density at radius 3 is 2.28 bits per heavy atom. The van der Waals surface area contributed by atoms with E-state index in [4.69, 9.17) is 5.11 Å². The molecule has 1 aliphatic carbocycles. The summed E-state index contributed by atoms with van der Waals surface area (Å²) in [6.07, 6.45) is 9.84. The maximum Gasteiger partial charge on any atom is 0.335 e. The van der Waals surface area contributed by atoms with E-state index < -0.39 is 5.97 Å². The van der Waals surface area contributed by atoms with Gasteiger partial charge in [-0.2, -0.15) is 0 Å². The molecular formula is C27H32O2. The molecule has 2 heteroatoms. The first-order chi connectivity index (χ1) is 13.5. The largest absolute Gasteiger partial charge is 0.478 e. The predicted molar refractivity (Wildman–Crippen MR) is 121 cm³/mol. The van der Waals surface area contributed by atoms with Crippen molar-refractivity contribution in [2.45, 2.75) is 59.3 Å². The van der Waals surface area contributed by atoms with E-state index >= 15 is 0 Å². The minimum absolute atomic E-state index is 0.152. The third-order valence-electron chi connectivity index (χ3n) is 5.62. The van der Waals surface area contributed by atoms with Gasteiger partial charge in [0, 0.05) is 0 Å². The van der Waals surface area contributed by atoms with Crippen LogP contribution in [0.3, 0.4) is 0 Å². The minimum Gasteiger partial charge on any atom is -0.478 e. The summed E-state index contributed by atoms with van der Waals surface area (Å²) in [5, 5.41) is 9.05. The van der Waals surface area contributed by atoms with Crippen molar-refractivity contribution >= 4 is 11.5 Å². The Hall–Kier alpha value is -2.61. The van der Waals surface area contributed by atoms with Crippen molar-refractivity contribution in [3.05, 3.63) is 88.5 Å². The number of hydrogen-bond donors (Lipinski definition) is 1. The summed E-state index contributed by atoms with van der Waals surface area (Å²) in [5.41, 5.74) is 7.22. The highest BCUT2D eigenvalue weighted by molar-refractivity contribution is 5.87. The van der Waals surface area contributed by atoms with E-state index in [9.17, 15) is 4.79 Å². The number of carboxylic acid groups (broad SMARTS) is 1. The Labute approximate surface area is 175 Å². The normalized spacial score (nSPS) is 15.8. The zero-order valence-corrected chi connectivity index (χ0v) is 18.3. The van der Waals surface area contributed by atoms with Gasteiger partial charge in [-0.05, 0) is 70.1 Å². The quantitative estimate of drug-likeness (QED) is 0.609. The molecule has 0 saturated heterocycles. The molecule has 0 bridgehead atoms. The van der Waals surface area contributed by atoms with Gasteiger partial charge in [0.15, 0.2) is 0 Å². The molecule has 0 atom stereocenters. The zero-order chi connectivity index (χ0) is 21.2. The van der Waals surface area contributed by atoms with E-state index in [0.29, 0.717) is 5.56 Å². The number of carboxylic acids is 1. The Morgan fingerprint density at radius 2 is 1.66 bits per heavy atom. The van der Waals surface area contributed by atoms with Crippen LogP contribution in [0.5, 0.6) is 0 Å². The van der Waals surface area contributed by atoms with Gasteiger partial charge in [0.1, 0.15) is 0 Å². The molecule has 1 aliphatic rings. The fraction of sp³-hybridized carbons (Fsp3) is 0.370. The third-order valence-corrected chi connectivity index (χ3v) is 5.62. The first-order valence-electron chi connectivity index (χ1n) is 10.4. The van der Waals surface area contributed by atoms with Crippen LogP contribution in [-0.2, 0) is 18.3 Å². The SMILES string of the molecule is CC(C)(C)/C=C\C1=CCC(C)(C)c2ccc(CCc3ccc(C(=O)O)cc3)cc21. The highest BCUT2D eigenvalue weighted by atomic mass is 16.4. The third kappa shape index (κ3) is 5.26. The van der Waals surface area contributed by atoms with Crippen LogP contribution in [0, 0.1) is 5.41 Å². The lowest BCUT2D eigenvalue weighted by Gasteiger charge is -2.32. The summed E-state index contributed by atoms with van der Waals surface area (Å²) in [4.78, 5) is 11.0. The van der Waals surface area contributed by atoms with Gasteiger partial charge in [-0.15, -0.1) is 0 Å². The zero-order valence-electron chi connectivity index (χ0n) is 18.3. The van der Waals surface area contributed by atoms with Crippen molar-refractivity contribution in [3.8, 4) is 0 Å². The number of carbonyl (C=O) groups is 1. The number of aryl methyl sites for hydroxylation is 2. The van der Waals surface area contributed by atoms with Crippen molar-refractivity contribution in [1.82, 2.24) is 0 Å². The van der Waals surface area contributed by atoms with E-state index in [-0.39, 0.29) is 10.8 Å². The summed E-state index contributed by atoms with van der Waals surface area (Å²) >= 11 is 0. The van der Waals surface area contributed by atoms with Crippen molar-refractivity contribution < 1.29 is 9.90 Å². The first-order valence-corrected chi connectivity index (χ1v) is 10.4. The molecule has 0 radical (unpaired) electrons. The molecule has 2 aromatic rings. The topological polar surface area (TPSA) is 37.3 Å². The molecule has 0 spiro atoms. The van der Waals surface area contributed by atoms with Crippen LogP contribution in [0.2, 0.25) is 0 Å². The number of rotatable bonds is 5. The molecule has 0 saturated carbocycles. The molecule has 1 N–H and O–H groups in total. The Morgan fingerprint density at radius 1 is 1.03 bits per heavy atom. The average Bonchev–Trinajstić information content (AvgIpc) is 2.65. The lowest BCUT2D eigenvalue weighted by Crippen LogP contribution is -2.21. The summed E-state index contributed by atoms with van der Waals surface area (Å²) in [6.45, 7) is 11.3. The number of hydrogen-bond acceptors (Lipinski definition) is 1. The maximum absolute atomic E-state index is 11.0. The number of aromatic carboxylic acids is 1. The van der Waals surface area contributed by atoms with Gasteiger partial charge in [0.25, 0.3) is 0 Å². The Kier molecular flexibility index (Phi) is 5.84. The second kappa shape index (κ2) is 8.02. The molecule has 0 heterocycles. The summed E-state index contributed by atoms with van der Waals surface area (Å²) in [6, 6.07) is 14.1. The summed E-state index contributed by atoms with van der Waals surface area (Å²) in [7, 11) is 0. The van der Waals surface area contributed by atoms with Crippen molar-refractivity contribution in [3.63, 3.8) is 0 Å². The van der Waals surface area contributed by atoms with Crippen LogP contribution in [0.15, 0.2) is 60.7 Å². The lowest BCUT2D eigenvalue weighted by atomic mass is 9.72. The molecule has 3 rings (SSSR count). The molecule has 0 fully saturated rings. The smallest absolute Gasteiger partial charge is 0.335 e. The molecule has 0 unspecified atom stereocenters. The molecule has 0 aliphatic heterocycles. The summed E-state index contributed by atoms with van der Waals surface area (Å²) in [5.74, 6) is -0.878. The molecule has 0 aromatic heterocycles.